The summed E-state index contributed by atoms with van der Waals surface area (Å²) in [5.74, 6) is 0. The Morgan fingerprint density at radius 2 is 1.30 bits per heavy atom. The summed E-state index contributed by atoms with van der Waals surface area (Å²) in [6.07, 6.45) is 13.7. The van der Waals surface area contributed by atoms with Crippen LogP contribution in [0.15, 0.2) is 0 Å². The summed E-state index contributed by atoms with van der Waals surface area (Å²) in [6.45, 7) is 9.28. The molecule has 0 saturated heterocycles. The quantitative estimate of drug-likeness (QED) is 0.459. The van der Waals surface area contributed by atoms with Gasteiger partial charge in [-0.1, -0.05) is 65.2 Å². The molecular weight excluding hydrogens is 244 g/mol. The van der Waals surface area contributed by atoms with Crippen molar-refractivity contribution in [3.63, 3.8) is 0 Å². The molecule has 0 aliphatic rings. The maximum absolute atomic E-state index is 3.84. The molecule has 0 heterocycles. The Balaban J connectivity index is 4.05. The van der Waals surface area contributed by atoms with E-state index in [0.29, 0.717) is 5.54 Å². The first-order chi connectivity index (χ1) is 9.54. The van der Waals surface area contributed by atoms with Crippen molar-refractivity contribution in [1.82, 2.24) is 10.2 Å². The van der Waals surface area contributed by atoms with Crippen molar-refractivity contribution < 1.29 is 0 Å². The van der Waals surface area contributed by atoms with Crippen LogP contribution in [-0.4, -0.2) is 37.6 Å². The second-order valence-corrected chi connectivity index (χ2v) is 6.91. The minimum atomic E-state index is 0.359. The van der Waals surface area contributed by atoms with Crippen LogP contribution in [0.4, 0.5) is 0 Å². The highest BCUT2D eigenvalue weighted by Gasteiger charge is 2.22. The van der Waals surface area contributed by atoms with Gasteiger partial charge in [-0.2, -0.15) is 0 Å². The van der Waals surface area contributed by atoms with Gasteiger partial charge < -0.3 is 10.2 Å². The fraction of sp³-hybridized carbons (Fsp3) is 1.00. The van der Waals surface area contributed by atoms with Crippen LogP contribution in [-0.2, 0) is 0 Å². The van der Waals surface area contributed by atoms with Gasteiger partial charge in [0.15, 0.2) is 0 Å². The SMILES string of the molecule is CCCCCCC(C)(CCCCCC)NCCN(C)C. The highest BCUT2D eigenvalue weighted by molar-refractivity contribution is 4.83. The Morgan fingerprint density at radius 3 is 1.70 bits per heavy atom. The molecule has 0 radical (unpaired) electrons. The van der Waals surface area contributed by atoms with Gasteiger partial charge in [0, 0.05) is 18.6 Å². The molecule has 0 rings (SSSR count). The van der Waals surface area contributed by atoms with Crippen molar-refractivity contribution in [3.8, 4) is 0 Å². The fourth-order valence-corrected chi connectivity index (χ4v) is 2.77. The van der Waals surface area contributed by atoms with E-state index in [2.05, 4.69) is 45.1 Å². The lowest BCUT2D eigenvalue weighted by atomic mass is 9.88. The van der Waals surface area contributed by atoms with Crippen molar-refractivity contribution >= 4 is 0 Å². The predicted octanol–water partition coefficient (Wildman–Crippen LogP) is 4.84. The van der Waals surface area contributed by atoms with Gasteiger partial charge in [0.2, 0.25) is 0 Å². The zero-order valence-corrected chi connectivity index (χ0v) is 14.9. The highest BCUT2D eigenvalue weighted by atomic mass is 15.1. The van der Waals surface area contributed by atoms with Crippen molar-refractivity contribution in [1.29, 1.82) is 0 Å². The fourth-order valence-electron chi connectivity index (χ4n) is 2.77. The molecule has 0 aromatic heterocycles. The lowest BCUT2D eigenvalue weighted by Gasteiger charge is -2.32. The third-order valence-corrected chi connectivity index (χ3v) is 4.28. The van der Waals surface area contributed by atoms with E-state index in [0.717, 1.165) is 13.1 Å². The molecule has 0 unspecified atom stereocenters. The molecule has 0 atom stereocenters. The number of rotatable bonds is 14. The van der Waals surface area contributed by atoms with E-state index in [1.807, 2.05) is 0 Å². The zero-order valence-electron chi connectivity index (χ0n) is 14.9. The monoisotopic (exact) mass is 284 g/mol. The first-order valence-electron chi connectivity index (χ1n) is 8.94. The van der Waals surface area contributed by atoms with Crippen LogP contribution < -0.4 is 5.32 Å². The molecule has 0 bridgehead atoms. The highest BCUT2D eigenvalue weighted by Crippen LogP contribution is 2.22. The average Bonchev–Trinajstić information content (AvgIpc) is 2.40. The number of hydrogen-bond acceptors (Lipinski definition) is 2. The minimum Gasteiger partial charge on any atom is -0.310 e. The van der Waals surface area contributed by atoms with E-state index in [9.17, 15) is 0 Å². The predicted molar refractivity (Wildman–Crippen MR) is 92.5 cm³/mol. The van der Waals surface area contributed by atoms with Gasteiger partial charge in [-0.15, -0.1) is 0 Å². The number of likely N-dealkylation sites (N-methyl/N-ethyl adjacent to an activating group) is 1. The Hall–Kier alpha value is -0.0800. The van der Waals surface area contributed by atoms with E-state index in [1.54, 1.807) is 0 Å². The molecule has 0 aromatic carbocycles. The third-order valence-electron chi connectivity index (χ3n) is 4.28. The second-order valence-electron chi connectivity index (χ2n) is 6.91. The lowest BCUT2D eigenvalue weighted by Crippen LogP contribution is -2.45. The van der Waals surface area contributed by atoms with E-state index in [4.69, 9.17) is 0 Å². The maximum Gasteiger partial charge on any atom is 0.0153 e. The normalized spacial score (nSPS) is 12.3. The van der Waals surface area contributed by atoms with E-state index < -0.39 is 0 Å². The molecule has 0 amide bonds. The molecular formula is C18H40N2. The zero-order chi connectivity index (χ0) is 15.3. The van der Waals surface area contributed by atoms with Crippen molar-refractivity contribution in [2.45, 2.75) is 90.5 Å². The molecule has 20 heavy (non-hydrogen) atoms. The summed E-state index contributed by atoms with van der Waals surface area (Å²) in [7, 11) is 4.31. The first-order valence-corrected chi connectivity index (χ1v) is 8.94. The number of unbranched alkanes of at least 4 members (excludes halogenated alkanes) is 6. The average molecular weight is 285 g/mol. The standard InChI is InChI=1S/C18H40N2/c1-6-8-10-12-14-18(3,15-13-11-9-7-2)19-16-17-20(4)5/h19H,6-17H2,1-5H3. The summed E-state index contributed by atoms with van der Waals surface area (Å²) in [5.41, 5.74) is 0.359. The molecule has 0 fully saturated rings. The smallest absolute Gasteiger partial charge is 0.0153 e. The van der Waals surface area contributed by atoms with Crippen LogP contribution in [0.5, 0.6) is 0 Å². The van der Waals surface area contributed by atoms with Gasteiger partial charge in [-0.05, 0) is 33.9 Å². The lowest BCUT2D eigenvalue weighted by molar-refractivity contribution is 0.272. The molecule has 0 aromatic rings. The van der Waals surface area contributed by atoms with E-state index in [-0.39, 0.29) is 0 Å². The number of hydrogen-bond donors (Lipinski definition) is 1. The van der Waals surface area contributed by atoms with Crippen LogP contribution in [0, 0.1) is 0 Å². The maximum atomic E-state index is 3.84. The molecule has 0 aliphatic carbocycles. The first kappa shape index (κ1) is 19.9. The van der Waals surface area contributed by atoms with Crippen molar-refractivity contribution in [2.24, 2.45) is 0 Å². The van der Waals surface area contributed by atoms with Gasteiger partial charge in [-0.25, -0.2) is 0 Å². The summed E-state index contributed by atoms with van der Waals surface area (Å²) in [5, 5.41) is 3.84. The summed E-state index contributed by atoms with van der Waals surface area (Å²) >= 11 is 0. The summed E-state index contributed by atoms with van der Waals surface area (Å²) in [4.78, 5) is 2.27. The third kappa shape index (κ3) is 11.7. The largest absolute Gasteiger partial charge is 0.310 e. The van der Waals surface area contributed by atoms with Crippen molar-refractivity contribution in [3.05, 3.63) is 0 Å². The Bertz CT molecular complexity index is 190. The van der Waals surface area contributed by atoms with Crippen LogP contribution in [0.25, 0.3) is 0 Å². The Labute approximate surface area is 128 Å². The van der Waals surface area contributed by atoms with Crippen molar-refractivity contribution in [2.75, 3.05) is 27.2 Å². The Morgan fingerprint density at radius 1 is 0.800 bits per heavy atom. The number of nitrogens with zero attached hydrogens (tertiary/aromatic N) is 1. The molecule has 2 nitrogen and oxygen atoms in total. The van der Waals surface area contributed by atoms with E-state index in [1.165, 1.54) is 64.2 Å². The molecule has 122 valence electrons. The number of nitrogens with one attached hydrogen (secondary N) is 1. The molecule has 0 spiro atoms. The van der Waals surface area contributed by atoms with Gasteiger partial charge in [0.25, 0.3) is 0 Å². The molecule has 0 aliphatic heterocycles. The van der Waals surface area contributed by atoms with Crippen LogP contribution >= 0.6 is 0 Å². The topological polar surface area (TPSA) is 15.3 Å². The van der Waals surface area contributed by atoms with Crippen LogP contribution in [0.1, 0.15) is 85.0 Å². The summed E-state index contributed by atoms with van der Waals surface area (Å²) in [6, 6.07) is 0. The minimum absolute atomic E-state index is 0.359. The molecule has 0 saturated carbocycles. The second kappa shape index (κ2) is 12.6. The van der Waals surface area contributed by atoms with Gasteiger partial charge in [0.05, 0.1) is 0 Å². The van der Waals surface area contributed by atoms with Gasteiger partial charge in [-0.3, -0.25) is 0 Å². The summed E-state index contributed by atoms with van der Waals surface area (Å²) < 4.78 is 0. The Kier molecular flexibility index (Phi) is 12.6. The van der Waals surface area contributed by atoms with Gasteiger partial charge >= 0.3 is 0 Å². The van der Waals surface area contributed by atoms with E-state index >= 15 is 0 Å². The van der Waals surface area contributed by atoms with Crippen LogP contribution in [0.2, 0.25) is 0 Å². The van der Waals surface area contributed by atoms with Gasteiger partial charge in [0.1, 0.15) is 0 Å². The molecule has 1 N–H and O–H groups in total. The van der Waals surface area contributed by atoms with Crippen LogP contribution in [0.3, 0.4) is 0 Å². The molecule has 2 heteroatoms.